The van der Waals surface area contributed by atoms with E-state index < -0.39 is 24.0 Å². The van der Waals surface area contributed by atoms with Gasteiger partial charge in [-0.3, -0.25) is 9.59 Å². The Balaban J connectivity index is 4.60. The highest BCUT2D eigenvalue weighted by molar-refractivity contribution is 8.78. The zero-order valence-corrected chi connectivity index (χ0v) is 23.3. The third-order valence-electron chi connectivity index (χ3n) is 3.93. The largest absolute Gasteiger partial charge is 0.480 e. The Hall–Kier alpha value is -0.0200. The second-order valence-corrected chi connectivity index (χ2v) is 13.9. The molecule has 2 amide bonds. The van der Waals surface area contributed by atoms with E-state index in [-0.39, 0.29) is 28.6 Å². The minimum absolute atomic E-state index is 0.243. The molecular formula is C18H32N2O6S6. The predicted molar refractivity (Wildman–Crippen MR) is 144 cm³/mol. The van der Waals surface area contributed by atoms with Gasteiger partial charge in [-0.2, -0.15) is 0 Å². The highest BCUT2D eigenvalue weighted by Gasteiger charge is 2.21. The summed E-state index contributed by atoms with van der Waals surface area (Å²) in [5.74, 6) is -1.63. The fraction of sp³-hybridized carbons (Fsp3) is 0.778. The van der Waals surface area contributed by atoms with Crippen LogP contribution in [0.2, 0.25) is 0 Å². The Bertz CT molecular complexity index is 600. The predicted octanol–water partition coefficient (Wildman–Crippen LogP) is 3.82. The van der Waals surface area contributed by atoms with Crippen molar-refractivity contribution in [1.29, 1.82) is 0 Å². The molecule has 0 radical (unpaired) electrons. The van der Waals surface area contributed by atoms with Gasteiger partial charge in [-0.05, 0) is 12.8 Å². The van der Waals surface area contributed by atoms with Crippen molar-refractivity contribution in [2.45, 2.75) is 69.0 Å². The van der Waals surface area contributed by atoms with Crippen LogP contribution in [0.5, 0.6) is 0 Å². The quantitative estimate of drug-likeness (QED) is 0.0891. The number of amides is 2. The fourth-order valence-corrected chi connectivity index (χ4v) is 8.83. The maximum atomic E-state index is 11.3. The van der Waals surface area contributed by atoms with Crippen molar-refractivity contribution in [2.24, 2.45) is 0 Å². The van der Waals surface area contributed by atoms with Gasteiger partial charge in [0, 0.05) is 41.6 Å². The van der Waals surface area contributed by atoms with Crippen molar-refractivity contribution >= 4 is 89.4 Å². The normalized spacial score (nSPS) is 14.8. The van der Waals surface area contributed by atoms with Gasteiger partial charge in [-0.1, -0.05) is 73.7 Å². The smallest absolute Gasteiger partial charge is 0.327 e. The zero-order chi connectivity index (χ0) is 24.5. The van der Waals surface area contributed by atoms with Gasteiger partial charge in [0.05, 0.1) is 0 Å². The lowest BCUT2D eigenvalue weighted by Gasteiger charge is -2.18. The Morgan fingerprint density at radius 2 is 1.28 bits per heavy atom. The third kappa shape index (κ3) is 17.5. The van der Waals surface area contributed by atoms with Crippen molar-refractivity contribution in [3.63, 3.8) is 0 Å². The number of carboxylic acid groups (broad SMARTS) is 2. The first-order valence-corrected chi connectivity index (χ1v) is 16.7. The first kappa shape index (κ1) is 32.0. The summed E-state index contributed by atoms with van der Waals surface area (Å²) in [6.45, 7) is 4.71. The van der Waals surface area contributed by atoms with E-state index in [0.29, 0.717) is 5.25 Å². The number of unbranched alkanes of at least 4 members (excludes halogenated alkanes) is 1. The topological polar surface area (TPSA) is 133 Å². The molecule has 186 valence electrons. The summed E-state index contributed by atoms with van der Waals surface area (Å²) in [5, 5.41) is 24.0. The number of rotatable bonds is 19. The van der Waals surface area contributed by atoms with Crippen LogP contribution < -0.4 is 10.6 Å². The molecule has 0 saturated carbocycles. The second-order valence-electron chi connectivity index (χ2n) is 6.95. The van der Waals surface area contributed by atoms with Gasteiger partial charge < -0.3 is 20.8 Å². The van der Waals surface area contributed by atoms with E-state index in [1.165, 1.54) is 35.4 Å². The lowest BCUT2D eigenvalue weighted by Crippen LogP contribution is -2.41. The van der Waals surface area contributed by atoms with Gasteiger partial charge in [0.1, 0.15) is 12.1 Å². The monoisotopic (exact) mass is 564 g/mol. The maximum absolute atomic E-state index is 11.3. The average molecular weight is 565 g/mol. The van der Waals surface area contributed by atoms with Gasteiger partial charge >= 0.3 is 11.9 Å². The van der Waals surface area contributed by atoms with Crippen LogP contribution in [0.3, 0.4) is 0 Å². The first-order chi connectivity index (χ1) is 15.1. The van der Waals surface area contributed by atoms with Gasteiger partial charge in [-0.15, -0.1) is 11.7 Å². The van der Waals surface area contributed by atoms with Gasteiger partial charge in [0.2, 0.25) is 11.8 Å². The van der Waals surface area contributed by atoms with Crippen molar-refractivity contribution in [3.05, 3.63) is 0 Å². The number of nitrogens with one attached hydrogen (secondary N) is 2. The van der Waals surface area contributed by atoms with E-state index >= 15 is 0 Å². The van der Waals surface area contributed by atoms with E-state index in [0.717, 1.165) is 31.4 Å². The Labute approximate surface area is 214 Å². The minimum atomic E-state index is -1.07. The Kier molecular flexibility index (Phi) is 19.3. The highest BCUT2D eigenvalue weighted by Crippen LogP contribution is 2.36. The number of carbonyl (C=O) groups excluding carboxylic acids is 2. The molecule has 0 aromatic carbocycles. The maximum Gasteiger partial charge on any atom is 0.327 e. The van der Waals surface area contributed by atoms with Gasteiger partial charge in [0.25, 0.3) is 0 Å². The number of carbonyl (C=O) groups is 4. The number of aliphatic carboxylic acids is 2. The summed E-state index contributed by atoms with van der Waals surface area (Å²) < 4.78 is 0. The summed E-state index contributed by atoms with van der Waals surface area (Å²) in [4.78, 5) is 44.8. The molecule has 0 aliphatic rings. The summed E-state index contributed by atoms with van der Waals surface area (Å²) in [6, 6.07) is -1.87. The molecule has 0 aliphatic heterocycles. The van der Waals surface area contributed by atoms with Gasteiger partial charge in [-0.25, -0.2) is 9.59 Å². The van der Waals surface area contributed by atoms with Crippen LogP contribution in [0.4, 0.5) is 0 Å². The second kappa shape index (κ2) is 19.3. The lowest BCUT2D eigenvalue weighted by molar-refractivity contribution is -0.141. The number of carboxylic acids is 2. The summed E-state index contributed by atoms with van der Waals surface area (Å²) >= 11 is 4.23. The molecule has 8 nitrogen and oxygen atoms in total. The molecule has 4 atom stereocenters. The molecular weight excluding hydrogens is 533 g/mol. The van der Waals surface area contributed by atoms with Crippen LogP contribution in [-0.4, -0.2) is 73.8 Å². The van der Waals surface area contributed by atoms with E-state index in [2.05, 4.69) is 29.2 Å². The number of hydrogen-bond acceptors (Lipinski definition) is 10. The third-order valence-corrected chi connectivity index (χ3v) is 11.2. The molecule has 0 saturated heterocycles. The van der Waals surface area contributed by atoms with Crippen LogP contribution in [0, 0.1) is 0 Å². The van der Waals surface area contributed by atoms with Crippen molar-refractivity contribution in [1.82, 2.24) is 10.6 Å². The van der Waals surface area contributed by atoms with E-state index in [4.69, 9.17) is 0 Å². The molecule has 1 unspecified atom stereocenters. The Morgan fingerprint density at radius 3 is 1.75 bits per heavy atom. The molecule has 0 spiro atoms. The fourth-order valence-electron chi connectivity index (χ4n) is 2.30. The SMILES string of the molecule is CC(=O)N[C@@H](CSSC[C@H](CCCCC(C)SS)SSC[C@H](NC(C)=O)C(=O)O)C(=O)O. The summed E-state index contributed by atoms with van der Waals surface area (Å²) in [5.41, 5.74) is 0. The van der Waals surface area contributed by atoms with Crippen LogP contribution in [0.1, 0.15) is 46.5 Å². The molecule has 4 N–H and O–H groups in total. The van der Waals surface area contributed by atoms with Crippen LogP contribution in [0.15, 0.2) is 0 Å². The van der Waals surface area contributed by atoms with Gasteiger partial charge in [0.15, 0.2) is 0 Å². The van der Waals surface area contributed by atoms with Crippen molar-refractivity contribution in [3.8, 4) is 0 Å². The highest BCUT2D eigenvalue weighted by atomic mass is 33.1. The summed E-state index contributed by atoms with van der Waals surface area (Å²) in [7, 11) is 7.50. The number of hydrogen-bond donors (Lipinski definition) is 5. The molecule has 0 aromatic rings. The first-order valence-electron chi connectivity index (χ1n) is 9.89. The van der Waals surface area contributed by atoms with Crippen LogP contribution in [0.25, 0.3) is 0 Å². The summed E-state index contributed by atoms with van der Waals surface area (Å²) in [6.07, 6.45) is 4.11. The zero-order valence-electron chi connectivity index (χ0n) is 18.3. The minimum Gasteiger partial charge on any atom is -0.480 e. The van der Waals surface area contributed by atoms with Crippen molar-refractivity contribution in [2.75, 3.05) is 17.3 Å². The molecule has 0 rings (SSSR count). The Morgan fingerprint density at radius 1 is 0.812 bits per heavy atom. The molecule has 0 aliphatic carbocycles. The standard InChI is InChI=1S/C18H32N2O6S6/c1-11(31-27)6-4-5-7-14(32-30-10-16(18(25)26)20-13(3)22)8-28-29-9-15(17(23)24)19-12(2)21/h11,14-16,27H,4-10H2,1-3H3,(H,19,21)(H,20,22)(H,23,24)(H,25,26)/t11?,14-,15-,16-/m0/s1. The molecule has 0 bridgehead atoms. The molecule has 14 heteroatoms. The van der Waals surface area contributed by atoms with E-state index in [1.54, 1.807) is 32.4 Å². The van der Waals surface area contributed by atoms with Crippen LogP contribution >= 0.6 is 65.6 Å². The van der Waals surface area contributed by atoms with Crippen LogP contribution in [-0.2, 0) is 19.2 Å². The molecule has 0 fully saturated rings. The van der Waals surface area contributed by atoms with Crippen molar-refractivity contribution < 1.29 is 29.4 Å². The molecule has 32 heavy (non-hydrogen) atoms. The number of thiol groups is 1. The lowest BCUT2D eigenvalue weighted by atomic mass is 10.1. The van der Waals surface area contributed by atoms with E-state index in [9.17, 15) is 29.4 Å². The van der Waals surface area contributed by atoms with E-state index in [1.807, 2.05) is 0 Å². The molecule has 0 aromatic heterocycles. The average Bonchev–Trinajstić information content (AvgIpc) is 2.70. The molecule has 0 heterocycles.